The van der Waals surface area contributed by atoms with E-state index in [1.165, 1.54) is 17.8 Å². The van der Waals surface area contributed by atoms with Crippen LogP contribution < -0.4 is 14.9 Å². The largest absolute Gasteiger partial charge is 0.367 e. The number of fused-ring (bicyclic) bond motifs is 1. The first-order chi connectivity index (χ1) is 13.4. The number of nitrogens with zero attached hydrogens (tertiary/aromatic N) is 2. The van der Waals surface area contributed by atoms with Crippen molar-refractivity contribution in [3.63, 3.8) is 0 Å². The first-order valence-electron chi connectivity index (χ1n) is 9.04. The lowest BCUT2D eigenvalue weighted by atomic mass is 10.2. The molecule has 148 valence electrons. The Morgan fingerprint density at radius 1 is 1.07 bits per heavy atom. The Morgan fingerprint density at radius 2 is 1.82 bits per heavy atom. The van der Waals surface area contributed by atoms with Gasteiger partial charge in [0, 0.05) is 31.1 Å². The summed E-state index contributed by atoms with van der Waals surface area (Å²) in [6.45, 7) is 3.56. The smallest absolute Gasteiger partial charge is 0.262 e. The van der Waals surface area contributed by atoms with Crippen molar-refractivity contribution in [2.24, 2.45) is 0 Å². The molecule has 0 atom stereocenters. The van der Waals surface area contributed by atoms with E-state index in [2.05, 4.69) is 26.9 Å². The molecular formula is C19H22N4O3S2. The Morgan fingerprint density at radius 3 is 2.61 bits per heavy atom. The first kappa shape index (κ1) is 19.1. The fraction of sp³-hybridized carbons (Fsp3) is 0.316. The van der Waals surface area contributed by atoms with E-state index in [4.69, 9.17) is 0 Å². The fourth-order valence-corrected chi connectivity index (χ4v) is 5.20. The lowest BCUT2D eigenvalue weighted by Gasteiger charge is -2.35. The maximum Gasteiger partial charge on any atom is 0.262 e. The lowest BCUT2D eigenvalue weighted by molar-refractivity contribution is -0.113. The van der Waals surface area contributed by atoms with Crippen LogP contribution in [0, 0.1) is 0 Å². The summed E-state index contributed by atoms with van der Waals surface area (Å²) < 4.78 is 28.7. The van der Waals surface area contributed by atoms with E-state index in [1.807, 2.05) is 18.2 Å². The number of hydrogen-bond acceptors (Lipinski definition) is 6. The van der Waals surface area contributed by atoms with Crippen molar-refractivity contribution in [2.75, 3.05) is 53.9 Å². The lowest BCUT2D eigenvalue weighted by Crippen LogP contribution is -2.44. The number of amides is 1. The number of benzene rings is 2. The van der Waals surface area contributed by atoms with Crippen LogP contribution in [-0.4, -0.2) is 58.2 Å². The fourth-order valence-electron chi connectivity index (χ4n) is 3.32. The second-order valence-electron chi connectivity index (χ2n) is 6.91. The van der Waals surface area contributed by atoms with Gasteiger partial charge in [0.1, 0.15) is 0 Å². The van der Waals surface area contributed by atoms with Crippen molar-refractivity contribution < 1.29 is 13.2 Å². The third-order valence-corrected chi connectivity index (χ3v) is 7.32. The number of anilines is 3. The molecule has 0 aliphatic carbocycles. The molecule has 9 heteroatoms. The summed E-state index contributed by atoms with van der Waals surface area (Å²) in [6, 6.07) is 12.3. The molecule has 1 amide bonds. The van der Waals surface area contributed by atoms with Crippen molar-refractivity contribution in [1.82, 2.24) is 4.90 Å². The highest BCUT2D eigenvalue weighted by Crippen LogP contribution is 2.34. The number of rotatable bonds is 4. The van der Waals surface area contributed by atoms with E-state index in [9.17, 15) is 13.2 Å². The molecule has 0 unspecified atom stereocenters. The molecule has 2 aromatic rings. The van der Waals surface area contributed by atoms with Crippen LogP contribution in [-0.2, 0) is 14.8 Å². The summed E-state index contributed by atoms with van der Waals surface area (Å²) >= 11 is 1.40. The molecule has 2 aliphatic rings. The molecule has 2 heterocycles. The Balaban J connectivity index is 1.61. The standard InChI is InChI=1S/C19H22N4O3S2/c1-22-8-10-23(11-9-22)17-5-3-2-4-15(17)21-28(25,26)14-6-7-18-16(12-14)20-19(24)13-27-18/h2-7,12,21H,8-11,13H2,1H3,(H,20,24). The molecule has 4 rings (SSSR count). The highest BCUT2D eigenvalue weighted by atomic mass is 32.2. The SMILES string of the molecule is CN1CCN(c2ccccc2NS(=O)(=O)c2ccc3c(c2)NC(=O)CS3)CC1. The number of nitrogens with one attached hydrogen (secondary N) is 2. The number of para-hydroxylation sites is 2. The number of piperazine rings is 1. The van der Waals surface area contributed by atoms with Crippen molar-refractivity contribution in [3.8, 4) is 0 Å². The molecular weight excluding hydrogens is 396 g/mol. The summed E-state index contributed by atoms with van der Waals surface area (Å²) in [5.41, 5.74) is 1.97. The van der Waals surface area contributed by atoms with Crippen LogP contribution in [0.25, 0.3) is 0 Å². The second-order valence-corrected chi connectivity index (χ2v) is 9.61. The summed E-state index contributed by atoms with van der Waals surface area (Å²) in [7, 11) is -1.70. The van der Waals surface area contributed by atoms with Crippen molar-refractivity contribution >= 4 is 44.8 Å². The van der Waals surface area contributed by atoms with Gasteiger partial charge in [0.05, 0.1) is 27.7 Å². The van der Waals surface area contributed by atoms with E-state index in [1.54, 1.807) is 18.2 Å². The van der Waals surface area contributed by atoms with Gasteiger partial charge in [-0.1, -0.05) is 12.1 Å². The van der Waals surface area contributed by atoms with Gasteiger partial charge >= 0.3 is 0 Å². The molecule has 28 heavy (non-hydrogen) atoms. The van der Waals surface area contributed by atoms with Crippen LogP contribution >= 0.6 is 11.8 Å². The van der Waals surface area contributed by atoms with Gasteiger partial charge < -0.3 is 15.1 Å². The number of likely N-dealkylation sites (N-methyl/N-ethyl adjacent to an activating group) is 1. The van der Waals surface area contributed by atoms with Crippen LogP contribution in [0.4, 0.5) is 17.1 Å². The predicted octanol–water partition coefficient (Wildman–Crippen LogP) is 2.28. The monoisotopic (exact) mass is 418 g/mol. The maximum atomic E-state index is 13.0. The zero-order valence-corrected chi connectivity index (χ0v) is 17.1. The van der Waals surface area contributed by atoms with E-state index in [-0.39, 0.29) is 10.8 Å². The molecule has 7 nitrogen and oxygen atoms in total. The van der Waals surface area contributed by atoms with E-state index in [0.29, 0.717) is 17.1 Å². The minimum absolute atomic E-state index is 0.125. The zero-order valence-electron chi connectivity index (χ0n) is 15.5. The van der Waals surface area contributed by atoms with Crippen LogP contribution in [0.3, 0.4) is 0 Å². The maximum absolute atomic E-state index is 13.0. The Kier molecular flexibility index (Phi) is 5.22. The molecule has 0 radical (unpaired) electrons. The van der Waals surface area contributed by atoms with Crippen LogP contribution in [0.15, 0.2) is 52.3 Å². The van der Waals surface area contributed by atoms with Gasteiger partial charge in [0.15, 0.2) is 0 Å². The first-order valence-corrected chi connectivity index (χ1v) is 11.5. The average molecular weight is 419 g/mol. The van der Waals surface area contributed by atoms with Gasteiger partial charge in [-0.3, -0.25) is 9.52 Å². The minimum atomic E-state index is -3.78. The van der Waals surface area contributed by atoms with Crippen LogP contribution in [0.1, 0.15) is 0 Å². The third kappa shape index (κ3) is 3.96. The molecule has 1 fully saturated rings. The summed E-state index contributed by atoms with van der Waals surface area (Å²) in [5.74, 6) is 0.218. The Hall–Kier alpha value is -2.23. The van der Waals surface area contributed by atoms with Crippen molar-refractivity contribution in [3.05, 3.63) is 42.5 Å². The predicted molar refractivity (Wildman–Crippen MR) is 113 cm³/mol. The summed E-state index contributed by atoms with van der Waals surface area (Å²) in [4.78, 5) is 17.1. The van der Waals surface area contributed by atoms with Crippen LogP contribution in [0.5, 0.6) is 0 Å². The van der Waals surface area contributed by atoms with Crippen molar-refractivity contribution in [1.29, 1.82) is 0 Å². The molecule has 1 saturated heterocycles. The quantitative estimate of drug-likeness (QED) is 0.793. The molecule has 2 N–H and O–H groups in total. The highest BCUT2D eigenvalue weighted by Gasteiger charge is 2.23. The van der Waals surface area contributed by atoms with E-state index in [0.717, 1.165) is 36.8 Å². The van der Waals surface area contributed by atoms with Gasteiger partial charge in [-0.25, -0.2) is 8.42 Å². The molecule has 2 aliphatic heterocycles. The van der Waals surface area contributed by atoms with Gasteiger partial charge in [-0.2, -0.15) is 0 Å². The molecule has 0 bridgehead atoms. The third-order valence-electron chi connectivity index (χ3n) is 4.89. The van der Waals surface area contributed by atoms with E-state index >= 15 is 0 Å². The molecule has 0 aromatic heterocycles. The Bertz CT molecular complexity index is 1000. The number of carbonyl (C=O) groups excluding carboxylic acids is 1. The van der Waals surface area contributed by atoms with Gasteiger partial charge in [-0.05, 0) is 37.4 Å². The number of hydrogen-bond donors (Lipinski definition) is 2. The highest BCUT2D eigenvalue weighted by molar-refractivity contribution is 8.00. The van der Waals surface area contributed by atoms with Gasteiger partial charge in [-0.15, -0.1) is 11.8 Å². The zero-order chi connectivity index (χ0) is 19.7. The van der Waals surface area contributed by atoms with Gasteiger partial charge in [0.2, 0.25) is 5.91 Å². The average Bonchev–Trinajstić information content (AvgIpc) is 2.68. The Labute approximate surface area is 169 Å². The second kappa shape index (κ2) is 7.65. The normalized spacial score (nSPS) is 17.8. The topological polar surface area (TPSA) is 81.8 Å². The van der Waals surface area contributed by atoms with E-state index < -0.39 is 10.0 Å². The van der Waals surface area contributed by atoms with Crippen LogP contribution in [0.2, 0.25) is 0 Å². The summed E-state index contributed by atoms with van der Waals surface area (Å²) in [6.07, 6.45) is 0. The summed E-state index contributed by atoms with van der Waals surface area (Å²) in [5, 5.41) is 2.74. The number of sulfonamides is 1. The number of carbonyl (C=O) groups is 1. The molecule has 0 saturated carbocycles. The molecule has 0 spiro atoms. The minimum Gasteiger partial charge on any atom is -0.367 e. The molecule has 2 aromatic carbocycles. The van der Waals surface area contributed by atoms with Gasteiger partial charge in [0.25, 0.3) is 10.0 Å². The van der Waals surface area contributed by atoms with Crippen molar-refractivity contribution in [2.45, 2.75) is 9.79 Å². The number of thioether (sulfide) groups is 1.